The number of aromatic nitrogens is 1. The second kappa shape index (κ2) is 7.99. The maximum atomic E-state index is 13.2. The first-order valence-electron chi connectivity index (χ1n) is 9.64. The second-order valence-electron chi connectivity index (χ2n) is 7.56. The van der Waals surface area contributed by atoms with Crippen LogP contribution in [0.3, 0.4) is 0 Å². The van der Waals surface area contributed by atoms with Crippen molar-refractivity contribution in [3.05, 3.63) is 57.9 Å². The topological polar surface area (TPSA) is 56.4 Å². The molecule has 0 spiro atoms. The molecule has 0 radical (unpaired) electrons. The van der Waals surface area contributed by atoms with Crippen LogP contribution in [0.15, 0.2) is 24.5 Å². The van der Waals surface area contributed by atoms with E-state index >= 15 is 0 Å². The fourth-order valence-electron chi connectivity index (χ4n) is 3.82. The van der Waals surface area contributed by atoms with Gasteiger partial charge in [-0.15, -0.1) is 0 Å². The number of hydrogen-bond donors (Lipinski definition) is 1. The third-order valence-electron chi connectivity index (χ3n) is 5.73. The largest absolute Gasteiger partial charge is 0.367 e. The highest BCUT2D eigenvalue weighted by molar-refractivity contribution is 5.98. The van der Waals surface area contributed by atoms with E-state index in [4.69, 9.17) is 0 Å². The number of nitrogens with zero attached hydrogens (tertiary/aromatic N) is 2. The summed E-state index contributed by atoms with van der Waals surface area (Å²) in [7, 11) is 0. The van der Waals surface area contributed by atoms with Crippen LogP contribution >= 0.6 is 0 Å². The van der Waals surface area contributed by atoms with Crippen LogP contribution in [-0.2, 0) is 11.2 Å². The third-order valence-corrected chi connectivity index (χ3v) is 5.73. The average molecular weight is 367 g/mol. The number of hydrogen-bond acceptors (Lipinski definition) is 2. The van der Waals surface area contributed by atoms with E-state index in [9.17, 15) is 9.59 Å². The van der Waals surface area contributed by atoms with E-state index < -0.39 is 0 Å². The molecule has 0 atom stereocenters. The molecule has 2 heterocycles. The Morgan fingerprint density at radius 1 is 0.963 bits per heavy atom. The van der Waals surface area contributed by atoms with Crippen molar-refractivity contribution in [2.45, 2.75) is 40.5 Å². The van der Waals surface area contributed by atoms with E-state index in [2.05, 4.69) is 24.9 Å². The van der Waals surface area contributed by atoms with Crippen LogP contribution in [0.1, 0.15) is 44.6 Å². The van der Waals surface area contributed by atoms with Crippen molar-refractivity contribution in [3.8, 4) is 0 Å². The standard InChI is InChI=1S/C22H29N3O2/c1-15-12-16(2)18(4)21(17(15)3)22(27)25-9-5-8-24(10-11-25)20(26)13-19-6-7-23-14-19/h6-7,12,14,23H,5,8-11,13H2,1-4H3. The van der Waals surface area contributed by atoms with Gasteiger partial charge in [-0.25, -0.2) is 0 Å². The predicted octanol–water partition coefficient (Wildman–Crippen LogP) is 3.17. The molecule has 3 rings (SSSR count). The lowest BCUT2D eigenvalue weighted by Crippen LogP contribution is -2.38. The Morgan fingerprint density at radius 3 is 2.22 bits per heavy atom. The highest BCUT2D eigenvalue weighted by atomic mass is 16.2. The number of benzene rings is 1. The number of rotatable bonds is 3. The molecule has 5 nitrogen and oxygen atoms in total. The maximum absolute atomic E-state index is 13.2. The molecule has 1 aliphatic heterocycles. The summed E-state index contributed by atoms with van der Waals surface area (Å²) in [5, 5.41) is 0. The Balaban J connectivity index is 1.71. The van der Waals surface area contributed by atoms with Crippen LogP contribution in [0.5, 0.6) is 0 Å². The van der Waals surface area contributed by atoms with Gasteiger partial charge in [0, 0.05) is 44.1 Å². The third kappa shape index (κ3) is 4.07. The number of aryl methyl sites for hydroxylation is 2. The summed E-state index contributed by atoms with van der Waals surface area (Å²) in [6, 6.07) is 4.07. The minimum absolute atomic E-state index is 0.0942. The first kappa shape index (κ1) is 19.2. The Morgan fingerprint density at radius 2 is 1.59 bits per heavy atom. The van der Waals surface area contributed by atoms with Gasteiger partial charge >= 0.3 is 0 Å². The lowest BCUT2D eigenvalue weighted by atomic mass is 9.93. The van der Waals surface area contributed by atoms with Crippen LogP contribution in [0.25, 0.3) is 0 Å². The minimum Gasteiger partial charge on any atom is -0.367 e. The Labute approximate surface area is 161 Å². The lowest BCUT2D eigenvalue weighted by Gasteiger charge is -2.24. The molecule has 2 amide bonds. The number of H-pyrrole nitrogens is 1. The number of carbonyl (C=O) groups is 2. The van der Waals surface area contributed by atoms with Gasteiger partial charge in [-0.3, -0.25) is 9.59 Å². The molecule has 0 bridgehead atoms. The fraction of sp³-hybridized carbons (Fsp3) is 0.455. The Bertz CT molecular complexity index is 813. The number of nitrogens with one attached hydrogen (secondary N) is 1. The van der Waals surface area contributed by atoms with Crippen molar-refractivity contribution >= 4 is 11.8 Å². The van der Waals surface area contributed by atoms with E-state index in [0.29, 0.717) is 32.6 Å². The zero-order chi connectivity index (χ0) is 19.6. The SMILES string of the molecule is Cc1cc(C)c(C)c(C(=O)N2CCCN(C(=O)Cc3cc[nH]c3)CC2)c1C. The van der Waals surface area contributed by atoms with Gasteiger partial charge in [0.1, 0.15) is 0 Å². The molecule has 144 valence electrons. The normalized spacial score (nSPS) is 15.0. The van der Waals surface area contributed by atoms with Crippen LogP contribution in [0, 0.1) is 27.7 Å². The predicted molar refractivity (Wildman–Crippen MR) is 107 cm³/mol. The first-order chi connectivity index (χ1) is 12.9. The molecule has 5 heteroatoms. The minimum atomic E-state index is 0.0942. The molecule has 1 aromatic carbocycles. The average Bonchev–Trinajstić information content (AvgIpc) is 3.01. The van der Waals surface area contributed by atoms with Crippen molar-refractivity contribution in [1.29, 1.82) is 0 Å². The highest BCUT2D eigenvalue weighted by Crippen LogP contribution is 2.23. The van der Waals surface area contributed by atoms with E-state index in [1.165, 1.54) is 0 Å². The van der Waals surface area contributed by atoms with Gasteiger partial charge in [0.2, 0.25) is 5.91 Å². The summed E-state index contributed by atoms with van der Waals surface area (Å²) in [6.45, 7) is 10.8. The van der Waals surface area contributed by atoms with Gasteiger partial charge in [-0.05, 0) is 68.0 Å². The molecular formula is C22H29N3O2. The van der Waals surface area contributed by atoms with Crippen molar-refractivity contribution in [3.63, 3.8) is 0 Å². The van der Waals surface area contributed by atoms with Crippen LogP contribution in [0.2, 0.25) is 0 Å². The molecule has 1 N–H and O–H groups in total. The number of aromatic amines is 1. The molecule has 1 aliphatic rings. The van der Waals surface area contributed by atoms with Crippen LogP contribution in [-0.4, -0.2) is 52.8 Å². The number of carbonyl (C=O) groups excluding carboxylic acids is 2. The van der Waals surface area contributed by atoms with Crippen molar-refractivity contribution in [2.75, 3.05) is 26.2 Å². The van der Waals surface area contributed by atoms with E-state index in [0.717, 1.165) is 39.8 Å². The number of amides is 2. The van der Waals surface area contributed by atoms with Crippen molar-refractivity contribution in [2.24, 2.45) is 0 Å². The molecular weight excluding hydrogens is 338 g/mol. The Kier molecular flexibility index (Phi) is 5.68. The molecule has 27 heavy (non-hydrogen) atoms. The molecule has 1 saturated heterocycles. The smallest absolute Gasteiger partial charge is 0.254 e. The van der Waals surface area contributed by atoms with E-state index in [1.807, 2.05) is 42.1 Å². The van der Waals surface area contributed by atoms with E-state index in [1.54, 1.807) is 0 Å². The highest BCUT2D eigenvalue weighted by Gasteiger charge is 2.25. The molecule has 1 fully saturated rings. The zero-order valence-electron chi connectivity index (χ0n) is 16.8. The van der Waals surface area contributed by atoms with Crippen LogP contribution in [0.4, 0.5) is 0 Å². The van der Waals surface area contributed by atoms with Gasteiger partial charge in [-0.2, -0.15) is 0 Å². The summed E-state index contributed by atoms with van der Waals surface area (Å²) in [5.41, 5.74) is 6.26. The quantitative estimate of drug-likeness (QED) is 0.906. The molecule has 0 unspecified atom stereocenters. The van der Waals surface area contributed by atoms with Crippen LogP contribution < -0.4 is 0 Å². The van der Waals surface area contributed by atoms with Crippen molar-refractivity contribution < 1.29 is 9.59 Å². The Hall–Kier alpha value is -2.56. The monoisotopic (exact) mass is 367 g/mol. The molecule has 0 aliphatic carbocycles. The summed E-state index contributed by atoms with van der Waals surface area (Å²) >= 11 is 0. The van der Waals surface area contributed by atoms with E-state index in [-0.39, 0.29) is 11.8 Å². The fourth-order valence-corrected chi connectivity index (χ4v) is 3.82. The molecule has 1 aromatic heterocycles. The maximum Gasteiger partial charge on any atom is 0.254 e. The summed E-state index contributed by atoms with van der Waals surface area (Å²) in [4.78, 5) is 32.6. The van der Waals surface area contributed by atoms with Gasteiger partial charge in [0.25, 0.3) is 5.91 Å². The van der Waals surface area contributed by atoms with Gasteiger partial charge < -0.3 is 14.8 Å². The first-order valence-corrected chi connectivity index (χ1v) is 9.64. The second-order valence-corrected chi connectivity index (χ2v) is 7.56. The van der Waals surface area contributed by atoms with Gasteiger partial charge in [0.15, 0.2) is 0 Å². The molecule has 2 aromatic rings. The zero-order valence-corrected chi connectivity index (χ0v) is 16.8. The van der Waals surface area contributed by atoms with Gasteiger partial charge in [-0.1, -0.05) is 6.07 Å². The van der Waals surface area contributed by atoms with Crippen molar-refractivity contribution in [1.82, 2.24) is 14.8 Å². The summed E-state index contributed by atoms with van der Waals surface area (Å²) < 4.78 is 0. The summed E-state index contributed by atoms with van der Waals surface area (Å²) in [5.74, 6) is 0.222. The molecule has 0 saturated carbocycles. The lowest BCUT2D eigenvalue weighted by molar-refractivity contribution is -0.130. The summed E-state index contributed by atoms with van der Waals surface area (Å²) in [6.07, 6.45) is 4.91. The van der Waals surface area contributed by atoms with Gasteiger partial charge in [0.05, 0.1) is 6.42 Å².